The smallest absolute Gasteiger partial charge is 0.258 e. The second-order valence-electron chi connectivity index (χ2n) is 5.43. The van der Waals surface area contributed by atoms with Gasteiger partial charge >= 0.3 is 0 Å². The molecule has 1 saturated carbocycles. The first-order valence-corrected chi connectivity index (χ1v) is 8.41. The summed E-state index contributed by atoms with van der Waals surface area (Å²) in [5.74, 6) is 0.690. The van der Waals surface area contributed by atoms with Gasteiger partial charge in [0.1, 0.15) is 5.75 Å². The highest BCUT2D eigenvalue weighted by Gasteiger charge is 2.29. The number of hydrogen-bond donors (Lipinski definition) is 2. The highest BCUT2D eigenvalue weighted by atomic mass is 32.1. The first-order valence-electron chi connectivity index (χ1n) is 7.53. The molecule has 0 unspecified atom stereocenters. The van der Waals surface area contributed by atoms with Gasteiger partial charge in [-0.2, -0.15) is 0 Å². The predicted molar refractivity (Wildman–Crippen MR) is 89.5 cm³/mol. The van der Waals surface area contributed by atoms with Gasteiger partial charge in [-0.05, 0) is 48.6 Å². The van der Waals surface area contributed by atoms with Crippen molar-refractivity contribution in [1.29, 1.82) is 0 Å². The van der Waals surface area contributed by atoms with Crippen LogP contribution in [0.25, 0.3) is 0 Å². The fraction of sp³-hybridized carbons (Fsp3) is 0.294. The van der Waals surface area contributed by atoms with E-state index in [1.807, 2.05) is 17.5 Å². The molecule has 0 aliphatic heterocycles. The number of nitrogens with one attached hydrogen (secondary N) is 2. The van der Waals surface area contributed by atoms with Gasteiger partial charge in [0.15, 0.2) is 6.61 Å². The lowest BCUT2D eigenvalue weighted by Gasteiger charge is -2.08. The molecule has 1 aromatic heterocycles. The molecule has 1 fully saturated rings. The van der Waals surface area contributed by atoms with Crippen molar-refractivity contribution < 1.29 is 14.3 Å². The SMILES string of the molecule is O=C(COc1ccc(NC(=O)C2CC2)cc1)NCc1cccs1. The molecule has 1 aliphatic carbocycles. The molecule has 1 aromatic carbocycles. The minimum absolute atomic E-state index is 0.0286. The van der Waals surface area contributed by atoms with Crippen molar-refractivity contribution in [3.8, 4) is 5.75 Å². The van der Waals surface area contributed by atoms with Crippen LogP contribution in [0.2, 0.25) is 0 Å². The number of carbonyl (C=O) groups is 2. The summed E-state index contributed by atoms with van der Waals surface area (Å²) in [7, 11) is 0. The highest BCUT2D eigenvalue weighted by Crippen LogP contribution is 2.30. The summed E-state index contributed by atoms with van der Waals surface area (Å²) in [4.78, 5) is 24.5. The Bertz CT molecular complexity index is 664. The molecular formula is C17H18N2O3S. The molecule has 2 N–H and O–H groups in total. The van der Waals surface area contributed by atoms with E-state index in [1.54, 1.807) is 35.6 Å². The average Bonchev–Trinajstić information content (AvgIpc) is 3.29. The van der Waals surface area contributed by atoms with Crippen LogP contribution >= 0.6 is 11.3 Å². The zero-order valence-electron chi connectivity index (χ0n) is 12.6. The Morgan fingerprint density at radius 1 is 1.17 bits per heavy atom. The van der Waals surface area contributed by atoms with Crippen LogP contribution in [0.4, 0.5) is 5.69 Å². The summed E-state index contributed by atoms with van der Waals surface area (Å²) in [6, 6.07) is 11.0. The van der Waals surface area contributed by atoms with E-state index in [9.17, 15) is 9.59 Å². The van der Waals surface area contributed by atoms with E-state index >= 15 is 0 Å². The normalized spacial score (nSPS) is 13.4. The van der Waals surface area contributed by atoms with Gasteiger partial charge in [0, 0.05) is 16.5 Å². The predicted octanol–water partition coefficient (Wildman–Crippen LogP) is 2.79. The van der Waals surface area contributed by atoms with E-state index in [0.717, 1.165) is 23.4 Å². The molecular weight excluding hydrogens is 312 g/mol. The maximum absolute atomic E-state index is 11.7. The summed E-state index contributed by atoms with van der Waals surface area (Å²) in [5.41, 5.74) is 0.747. The van der Waals surface area contributed by atoms with Crippen molar-refractivity contribution in [3.05, 3.63) is 46.7 Å². The number of anilines is 1. The van der Waals surface area contributed by atoms with Gasteiger partial charge < -0.3 is 15.4 Å². The van der Waals surface area contributed by atoms with Crippen LogP contribution < -0.4 is 15.4 Å². The molecule has 1 heterocycles. The Hall–Kier alpha value is -2.34. The summed E-state index contributed by atoms with van der Waals surface area (Å²) in [6.07, 6.45) is 1.96. The Labute approximate surface area is 138 Å². The third kappa shape index (κ3) is 4.82. The van der Waals surface area contributed by atoms with Gasteiger partial charge in [-0.25, -0.2) is 0 Å². The quantitative estimate of drug-likeness (QED) is 0.820. The lowest BCUT2D eigenvalue weighted by atomic mass is 10.3. The van der Waals surface area contributed by atoms with Crippen molar-refractivity contribution in [2.75, 3.05) is 11.9 Å². The van der Waals surface area contributed by atoms with Gasteiger partial charge in [-0.3, -0.25) is 9.59 Å². The summed E-state index contributed by atoms with van der Waals surface area (Å²) in [5, 5.41) is 7.63. The minimum atomic E-state index is -0.162. The number of ether oxygens (including phenoxy) is 1. The molecule has 0 spiro atoms. The van der Waals surface area contributed by atoms with Crippen molar-refractivity contribution in [3.63, 3.8) is 0 Å². The Morgan fingerprint density at radius 3 is 2.61 bits per heavy atom. The summed E-state index contributed by atoms with van der Waals surface area (Å²) in [6.45, 7) is 0.491. The van der Waals surface area contributed by atoms with E-state index in [1.165, 1.54) is 0 Å². The Morgan fingerprint density at radius 2 is 1.96 bits per heavy atom. The van der Waals surface area contributed by atoms with Gasteiger partial charge in [0.05, 0.1) is 6.54 Å². The maximum atomic E-state index is 11.7. The Balaban J connectivity index is 1.40. The standard InChI is InChI=1S/C17H18N2O3S/c20-16(18-10-15-2-1-9-23-15)11-22-14-7-5-13(6-8-14)19-17(21)12-3-4-12/h1-2,5-9,12H,3-4,10-11H2,(H,18,20)(H,19,21). The fourth-order valence-corrected chi connectivity index (χ4v) is 2.67. The van der Waals surface area contributed by atoms with Crippen LogP contribution in [0.5, 0.6) is 5.75 Å². The molecule has 0 atom stereocenters. The molecule has 0 radical (unpaired) electrons. The van der Waals surface area contributed by atoms with Crippen molar-refractivity contribution in [2.24, 2.45) is 5.92 Å². The van der Waals surface area contributed by atoms with E-state index < -0.39 is 0 Å². The Kier molecular flexibility index (Phi) is 4.92. The first kappa shape index (κ1) is 15.6. The summed E-state index contributed by atoms with van der Waals surface area (Å²) >= 11 is 1.60. The number of rotatable bonds is 7. The molecule has 23 heavy (non-hydrogen) atoms. The molecule has 5 nitrogen and oxygen atoms in total. The van der Waals surface area contributed by atoms with Crippen LogP contribution in [-0.2, 0) is 16.1 Å². The molecule has 6 heteroatoms. The van der Waals surface area contributed by atoms with Crippen molar-refractivity contribution in [2.45, 2.75) is 19.4 Å². The maximum Gasteiger partial charge on any atom is 0.258 e. The largest absolute Gasteiger partial charge is 0.484 e. The lowest BCUT2D eigenvalue weighted by Crippen LogP contribution is -2.28. The topological polar surface area (TPSA) is 67.4 Å². The number of benzene rings is 1. The monoisotopic (exact) mass is 330 g/mol. The average molecular weight is 330 g/mol. The zero-order valence-corrected chi connectivity index (χ0v) is 13.4. The first-order chi connectivity index (χ1) is 11.2. The lowest BCUT2D eigenvalue weighted by molar-refractivity contribution is -0.123. The molecule has 0 saturated heterocycles. The molecule has 3 rings (SSSR count). The van der Waals surface area contributed by atoms with Gasteiger partial charge in [0.2, 0.25) is 5.91 Å². The van der Waals surface area contributed by atoms with Crippen LogP contribution in [0.1, 0.15) is 17.7 Å². The highest BCUT2D eigenvalue weighted by molar-refractivity contribution is 7.09. The number of amides is 2. The third-order valence-corrected chi connectivity index (χ3v) is 4.36. The second-order valence-corrected chi connectivity index (χ2v) is 6.46. The van der Waals surface area contributed by atoms with E-state index in [4.69, 9.17) is 4.74 Å². The third-order valence-electron chi connectivity index (χ3n) is 3.48. The van der Waals surface area contributed by atoms with Gasteiger partial charge in [-0.15, -0.1) is 11.3 Å². The molecule has 2 aromatic rings. The fourth-order valence-electron chi connectivity index (χ4n) is 2.02. The zero-order chi connectivity index (χ0) is 16.1. The van der Waals surface area contributed by atoms with Crippen LogP contribution in [-0.4, -0.2) is 18.4 Å². The molecule has 1 aliphatic rings. The molecule has 0 bridgehead atoms. The summed E-state index contributed by atoms with van der Waals surface area (Å²) < 4.78 is 5.44. The number of carbonyl (C=O) groups excluding carboxylic acids is 2. The molecule has 2 amide bonds. The number of thiophene rings is 1. The van der Waals surface area contributed by atoms with Crippen molar-refractivity contribution in [1.82, 2.24) is 5.32 Å². The van der Waals surface area contributed by atoms with E-state index in [0.29, 0.717) is 12.3 Å². The van der Waals surface area contributed by atoms with Crippen molar-refractivity contribution >= 4 is 28.8 Å². The van der Waals surface area contributed by atoms with Crippen LogP contribution in [0.15, 0.2) is 41.8 Å². The second kappa shape index (κ2) is 7.28. The molecule has 120 valence electrons. The van der Waals surface area contributed by atoms with Gasteiger partial charge in [-0.1, -0.05) is 6.07 Å². The van der Waals surface area contributed by atoms with Gasteiger partial charge in [0.25, 0.3) is 5.91 Å². The van der Waals surface area contributed by atoms with E-state index in [-0.39, 0.29) is 24.3 Å². The van der Waals surface area contributed by atoms with Crippen LogP contribution in [0, 0.1) is 5.92 Å². The number of hydrogen-bond acceptors (Lipinski definition) is 4. The van der Waals surface area contributed by atoms with E-state index in [2.05, 4.69) is 10.6 Å². The van der Waals surface area contributed by atoms with Crippen LogP contribution in [0.3, 0.4) is 0 Å². The minimum Gasteiger partial charge on any atom is -0.484 e.